The van der Waals surface area contributed by atoms with Gasteiger partial charge in [0.1, 0.15) is 11.6 Å². The zero-order chi connectivity index (χ0) is 15.5. The lowest BCUT2D eigenvalue weighted by atomic mass is 9.98. The van der Waals surface area contributed by atoms with Crippen LogP contribution in [-0.2, 0) is 9.59 Å². The van der Waals surface area contributed by atoms with E-state index in [4.69, 9.17) is 5.11 Å². The van der Waals surface area contributed by atoms with Gasteiger partial charge in [-0.25, -0.2) is 4.79 Å². The number of imide groups is 1. The molecule has 2 rings (SSSR count). The van der Waals surface area contributed by atoms with E-state index in [-0.39, 0.29) is 18.5 Å². The Bertz CT molecular complexity index is 432. The molecular formula is C14H23N3O4. The summed E-state index contributed by atoms with van der Waals surface area (Å²) in [6.07, 6.45) is 4.60. The molecule has 3 amide bonds. The Kier molecular flexibility index (Phi) is 4.82. The molecule has 1 atom stereocenters. The first-order valence-electron chi connectivity index (χ1n) is 7.60. The highest BCUT2D eigenvalue weighted by molar-refractivity contribution is 6.07. The van der Waals surface area contributed by atoms with E-state index in [1.54, 1.807) is 0 Å². The number of carbonyl (C=O) groups is 3. The predicted molar refractivity (Wildman–Crippen MR) is 75.8 cm³/mol. The lowest BCUT2D eigenvalue weighted by Gasteiger charge is -2.20. The molecule has 7 nitrogen and oxygen atoms in total. The Hall–Kier alpha value is -1.63. The van der Waals surface area contributed by atoms with E-state index in [0.717, 1.165) is 19.3 Å². The highest BCUT2D eigenvalue weighted by Gasteiger charge is 2.52. The number of nitrogens with zero attached hydrogens (tertiary/aromatic N) is 1. The van der Waals surface area contributed by atoms with Crippen LogP contribution in [0.15, 0.2) is 0 Å². The van der Waals surface area contributed by atoms with Gasteiger partial charge in [-0.1, -0.05) is 26.2 Å². The van der Waals surface area contributed by atoms with E-state index < -0.39 is 17.6 Å². The number of urea groups is 1. The average Bonchev–Trinajstić information content (AvgIpc) is 2.98. The maximum atomic E-state index is 12.4. The number of amides is 3. The van der Waals surface area contributed by atoms with Crippen LogP contribution >= 0.6 is 0 Å². The third-order valence-electron chi connectivity index (χ3n) is 4.30. The van der Waals surface area contributed by atoms with Crippen molar-refractivity contribution in [3.8, 4) is 0 Å². The number of carboxylic acid groups (broad SMARTS) is 1. The van der Waals surface area contributed by atoms with Crippen molar-refractivity contribution in [3.63, 3.8) is 0 Å². The van der Waals surface area contributed by atoms with Crippen LogP contribution < -0.4 is 10.6 Å². The summed E-state index contributed by atoms with van der Waals surface area (Å²) in [5.41, 5.74) is -0.688. The van der Waals surface area contributed by atoms with Gasteiger partial charge in [0.2, 0.25) is 0 Å². The molecule has 1 heterocycles. The number of hydrogen-bond donors (Lipinski definition) is 3. The van der Waals surface area contributed by atoms with Gasteiger partial charge < -0.3 is 15.7 Å². The number of aliphatic carboxylic acids is 1. The molecule has 1 saturated heterocycles. The SMILES string of the molecule is CCCC(NCCN1C(=O)NC2(CCCC2)C1=O)C(=O)O. The second kappa shape index (κ2) is 6.43. The molecule has 2 fully saturated rings. The lowest BCUT2D eigenvalue weighted by molar-refractivity contribution is -0.139. The summed E-state index contributed by atoms with van der Waals surface area (Å²) >= 11 is 0. The van der Waals surface area contributed by atoms with Gasteiger partial charge >= 0.3 is 12.0 Å². The molecule has 1 saturated carbocycles. The summed E-state index contributed by atoms with van der Waals surface area (Å²) in [6.45, 7) is 2.42. The van der Waals surface area contributed by atoms with Gasteiger partial charge in [0.05, 0.1) is 0 Å². The summed E-state index contributed by atoms with van der Waals surface area (Å²) in [5, 5.41) is 14.7. The van der Waals surface area contributed by atoms with Crippen LogP contribution in [0.4, 0.5) is 4.79 Å². The fraction of sp³-hybridized carbons (Fsp3) is 0.786. The summed E-state index contributed by atoms with van der Waals surface area (Å²) in [7, 11) is 0. The minimum atomic E-state index is -0.902. The number of rotatable bonds is 7. The standard InChI is InChI=1S/C14H23N3O4/c1-2-5-10(11(18)19)15-8-9-17-12(20)14(16-13(17)21)6-3-4-7-14/h10,15H,2-9H2,1H3,(H,16,21)(H,18,19). The molecule has 1 unspecified atom stereocenters. The molecule has 0 aromatic carbocycles. The van der Waals surface area contributed by atoms with E-state index in [2.05, 4.69) is 10.6 Å². The molecule has 3 N–H and O–H groups in total. The molecule has 0 radical (unpaired) electrons. The smallest absolute Gasteiger partial charge is 0.325 e. The van der Waals surface area contributed by atoms with Gasteiger partial charge in [0, 0.05) is 13.1 Å². The average molecular weight is 297 g/mol. The van der Waals surface area contributed by atoms with Crippen LogP contribution in [0.1, 0.15) is 45.4 Å². The van der Waals surface area contributed by atoms with Crippen LogP contribution in [0.25, 0.3) is 0 Å². The van der Waals surface area contributed by atoms with Crippen LogP contribution in [0.2, 0.25) is 0 Å². The van der Waals surface area contributed by atoms with E-state index in [1.165, 1.54) is 4.90 Å². The van der Waals surface area contributed by atoms with Crippen molar-refractivity contribution in [1.29, 1.82) is 0 Å². The highest BCUT2D eigenvalue weighted by atomic mass is 16.4. The van der Waals surface area contributed by atoms with E-state index in [9.17, 15) is 14.4 Å². The molecular weight excluding hydrogens is 274 g/mol. The Balaban J connectivity index is 1.87. The summed E-state index contributed by atoms with van der Waals surface area (Å²) in [4.78, 5) is 36.5. The van der Waals surface area contributed by atoms with Crippen molar-refractivity contribution in [2.24, 2.45) is 0 Å². The van der Waals surface area contributed by atoms with Gasteiger partial charge in [-0.05, 0) is 19.3 Å². The molecule has 0 aromatic rings. The van der Waals surface area contributed by atoms with Gasteiger partial charge in [-0.2, -0.15) is 0 Å². The first kappa shape index (κ1) is 15.8. The van der Waals surface area contributed by atoms with E-state index >= 15 is 0 Å². The van der Waals surface area contributed by atoms with Crippen LogP contribution in [0, 0.1) is 0 Å². The number of carbonyl (C=O) groups excluding carboxylic acids is 2. The zero-order valence-corrected chi connectivity index (χ0v) is 12.4. The molecule has 7 heteroatoms. The van der Waals surface area contributed by atoms with Crippen LogP contribution in [-0.4, -0.2) is 52.6 Å². The molecule has 1 aliphatic heterocycles. The number of carboxylic acids is 1. The Morgan fingerprint density at radius 1 is 1.43 bits per heavy atom. The largest absolute Gasteiger partial charge is 0.480 e. The molecule has 0 bridgehead atoms. The van der Waals surface area contributed by atoms with Gasteiger partial charge in [0.25, 0.3) is 5.91 Å². The van der Waals surface area contributed by atoms with Crippen molar-refractivity contribution in [2.45, 2.75) is 57.0 Å². The summed E-state index contributed by atoms with van der Waals surface area (Å²) < 4.78 is 0. The Labute approximate surface area is 124 Å². The lowest BCUT2D eigenvalue weighted by Crippen LogP contribution is -2.45. The number of hydrogen-bond acceptors (Lipinski definition) is 4. The second-order valence-electron chi connectivity index (χ2n) is 5.81. The molecule has 1 aliphatic carbocycles. The Morgan fingerprint density at radius 3 is 2.67 bits per heavy atom. The normalized spacial score (nSPS) is 21.9. The Morgan fingerprint density at radius 2 is 2.10 bits per heavy atom. The summed E-state index contributed by atoms with van der Waals surface area (Å²) in [5.74, 6) is -1.06. The minimum Gasteiger partial charge on any atom is -0.480 e. The topological polar surface area (TPSA) is 98.7 Å². The minimum absolute atomic E-state index is 0.158. The molecule has 118 valence electrons. The monoisotopic (exact) mass is 297 g/mol. The van der Waals surface area contributed by atoms with Crippen molar-refractivity contribution in [2.75, 3.05) is 13.1 Å². The van der Waals surface area contributed by atoms with Crippen molar-refractivity contribution in [1.82, 2.24) is 15.5 Å². The molecule has 2 aliphatic rings. The van der Waals surface area contributed by atoms with Crippen molar-refractivity contribution in [3.05, 3.63) is 0 Å². The first-order valence-corrected chi connectivity index (χ1v) is 7.60. The highest BCUT2D eigenvalue weighted by Crippen LogP contribution is 2.34. The molecule has 21 heavy (non-hydrogen) atoms. The maximum absolute atomic E-state index is 12.4. The van der Waals surface area contributed by atoms with Crippen LogP contribution in [0.3, 0.4) is 0 Å². The van der Waals surface area contributed by atoms with Gasteiger partial charge in [0.15, 0.2) is 0 Å². The van der Waals surface area contributed by atoms with Crippen LogP contribution in [0.5, 0.6) is 0 Å². The van der Waals surface area contributed by atoms with E-state index in [1.807, 2.05) is 6.92 Å². The fourth-order valence-electron chi connectivity index (χ4n) is 3.15. The van der Waals surface area contributed by atoms with Gasteiger partial charge in [-0.15, -0.1) is 0 Å². The quantitative estimate of drug-likeness (QED) is 0.601. The molecule has 0 aromatic heterocycles. The fourth-order valence-corrected chi connectivity index (χ4v) is 3.15. The van der Waals surface area contributed by atoms with E-state index in [0.29, 0.717) is 25.8 Å². The second-order valence-corrected chi connectivity index (χ2v) is 5.81. The van der Waals surface area contributed by atoms with Crippen molar-refractivity contribution < 1.29 is 19.5 Å². The zero-order valence-electron chi connectivity index (χ0n) is 12.4. The predicted octanol–water partition coefficient (Wildman–Crippen LogP) is 0.694. The molecule has 1 spiro atoms. The van der Waals surface area contributed by atoms with Gasteiger partial charge in [-0.3, -0.25) is 14.5 Å². The number of nitrogens with one attached hydrogen (secondary N) is 2. The third-order valence-corrected chi connectivity index (χ3v) is 4.30. The first-order chi connectivity index (χ1) is 10.00. The third kappa shape index (κ3) is 3.18. The summed E-state index contributed by atoms with van der Waals surface area (Å²) in [6, 6.07) is -0.984. The van der Waals surface area contributed by atoms with Crippen molar-refractivity contribution >= 4 is 17.9 Å². The maximum Gasteiger partial charge on any atom is 0.325 e.